The summed E-state index contributed by atoms with van der Waals surface area (Å²) in [6, 6.07) is 17.6. The lowest BCUT2D eigenvalue weighted by molar-refractivity contribution is 1.28. The highest BCUT2D eigenvalue weighted by molar-refractivity contribution is 5.81. The van der Waals surface area contributed by atoms with Crippen molar-refractivity contribution < 1.29 is 0 Å². The van der Waals surface area contributed by atoms with Gasteiger partial charge in [0.1, 0.15) is 5.82 Å². The van der Waals surface area contributed by atoms with Crippen molar-refractivity contribution in [3.8, 4) is 11.4 Å². The van der Waals surface area contributed by atoms with Crippen LogP contribution in [0.3, 0.4) is 0 Å². The van der Waals surface area contributed by atoms with Gasteiger partial charge in [-0.3, -0.25) is 0 Å². The van der Waals surface area contributed by atoms with Crippen LogP contribution in [0, 0.1) is 0 Å². The predicted molar refractivity (Wildman–Crippen MR) is 69.4 cm³/mol. The summed E-state index contributed by atoms with van der Waals surface area (Å²) in [6.07, 6.45) is 0. The number of pyridine rings is 2. The minimum absolute atomic E-state index is 0.512. The molecule has 0 amide bonds. The predicted octanol–water partition coefficient (Wildman–Crippen LogP) is 2.88. The van der Waals surface area contributed by atoms with Crippen LogP contribution in [0.5, 0.6) is 0 Å². The highest BCUT2D eigenvalue weighted by Crippen LogP contribution is 2.19. The summed E-state index contributed by atoms with van der Waals surface area (Å²) in [5.74, 6) is 0.512. The molecule has 0 aliphatic carbocycles. The topological polar surface area (TPSA) is 51.8 Å². The van der Waals surface area contributed by atoms with E-state index in [-0.39, 0.29) is 0 Å². The molecule has 0 atom stereocenters. The van der Waals surface area contributed by atoms with Crippen LogP contribution < -0.4 is 5.73 Å². The third-order valence-corrected chi connectivity index (χ3v) is 2.63. The van der Waals surface area contributed by atoms with Crippen molar-refractivity contribution in [2.45, 2.75) is 0 Å². The van der Waals surface area contributed by atoms with E-state index in [0.29, 0.717) is 5.82 Å². The molecule has 0 spiro atoms. The SMILES string of the molecule is Nc1cccc(-c2ccc3ccccc3n2)n1. The molecule has 0 radical (unpaired) electrons. The quantitative estimate of drug-likeness (QED) is 0.687. The summed E-state index contributed by atoms with van der Waals surface area (Å²) in [7, 11) is 0. The van der Waals surface area contributed by atoms with E-state index in [1.165, 1.54) is 0 Å². The number of hydrogen-bond acceptors (Lipinski definition) is 3. The lowest BCUT2D eigenvalue weighted by atomic mass is 10.1. The summed E-state index contributed by atoms with van der Waals surface area (Å²) in [6.45, 7) is 0. The third kappa shape index (κ3) is 1.83. The third-order valence-electron chi connectivity index (χ3n) is 2.63. The standard InChI is InChI=1S/C14H11N3/c15-14-7-3-6-12(17-14)13-9-8-10-4-1-2-5-11(10)16-13/h1-9H,(H2,15,17). The second-order valence-corrected chi connectivity index (χ2v) is 3.84. The number of para-hydroxylation sites is 1. The van der Waals surface area contributed by atoms with E-state index >= 15 is 0 Å². The van der Waals surface area contributed by atoms with Gasteiger partial charge in [0.2, 0.25) is 0 Å². The van der Waals surface area contributed by atoms with Crippen LogP contribution in [-0.4, -0.2) is 9.97 Å². The first kappa shape index (κ1) is 9.78. The van der Waals surface area contributed by atoms with Crippen LogP contribution in [0.4, 0.5) is 5.82 Å². The number of hydrogen-bond donors (Lipinski definition) is 1. The van der Waals surface area contributed by atoms with Crippen molar-refractivity contribution in [2.75, 3.05) is 5.73 Å². The summed E-state index contributed by atoms with van der Waals surface area (Å²) < 4.78 is 0. The van der Waals surface area contributed by atoms with Gasteiger partial charge in [-0.05, 0) is 24.3 Å². The Labute approximate surface area is 98.9 Å². The number of nitrogen functional groups attached to an aromatic ring is 1. The molecule has 2 heterocycles. The van der Waals surface area contributed by atoms with Gasteiger partial charge >= 0.3 is 0 Å². The van der Waals surface area contributed by atoms with E-state index in [1.54, 1.807) is 6.07 Å². The number of nitrogens with zero attached hydrogens (tertiary/aromatic N) is 2. The zero-order valence-electron chi connectivity index (χ0n) is 9.17. The average molecular weight is 221 g/mol. The Morgan fingerprint density at radius 3 is 2.41 bits per heavy atom. The highest BCUT2D eigenvalue weighted by Gasteiger charge is 2.02. The maximum atomic E-state index is 5.67. The van der Waals surface area contributed by atoms with Crippen LogP contribution in [0.1, 0.15) is 0 Å². The van der Waals surface area contributed by atoms with Gasteiger partial charge in [-0.2, -0.15) is 0 Å². The Bertz CT molecular complexity index is 677. The minimum Gasteiger partial charge on any atom is -0.384 e. The molecule has 0 saturated heterocycles. The molecule has 17 heavy (non-hydrogen) atoms. The normalized spacial score (nSPS) is 10.6. The summed E-state index contributed by atoms with van der Waals surface area (Å²) in [5.41, 5.74) is 8.28. The van der Waals surface area contributed by atoms with E-state index in [1.807, 2.05) is 48.5 Å². The van der Waals surface area contributed by atoms with E-state index in [2.05, 4.69) is 9.97 Å². The Morgan fingerprint density at radius 1 is 0.706 bits per heavy atom. The lowest BCUT2D eigenvalue weighted by Gasteiger charge is -2.03. The first-order valence-corrected chi connectivity index (χ1v) is 5.42. The molecule has 0 fully saturated rings. The monoisotopic (exact) mass is 221 g/mol. The number of benzene rings is 1. The Balaban J connectivity index is 2.18. The summed E-state index contributed by atoms with van der Waals surface area (Å²) in [5, 5.41) is 1.13. The molecule has 0 unspecified atom stereocenters. The zero-order valence-corrected chi connectivity index (χ0v) is 9.17. The fraction of sp³-hybridized carbons (Fsp3) is 0. The maximum Gasteiger partial charge on any atom is 0.124 e. The van der Waals surface area contributed by atoms with E-state index in [4.69, 9.17) is 5.73 Å². The molecule has 2 aromatic heterocycles. The minimum atomic E-state index is 0.512. The van der Waals surface area contributed by atoms with Crippen LogP contribution in [-0.2, 0) is 0 Å². The molecule has 0 aliphatic heterocycles. The van der Waals surface area contributed by atoms with Crippen molar-refractivity contribution >= 4 is 16.7 Å². The van der Waals surface area contributed by atoms with Gasteiger partial charge in [-0.25, -0.2) is 9.97 Å². The maximum absolute atomic E-state index is 5.67. The fourth-order valence-electron chi connectivity index (χ4n) is 1.80. The number of nitrogens with two attached hydrogens (primary N) is 1. The molecule has 2 N–H and O–H groups in total. The average Bonchev–Trinajstić information content (AvgIpc) is 2.38. The molecule has 1 aromatic carbocycles. The van der Waals surface area contributed by atoms with Gasteiger partial charge in [0.05, 0.1) is 16.9 Å². The number of aromatic nitrogens is 2. The number of anilines is 1. The fourth-order valence-corrected chi connectivity index (χ4v) is 1.80. The van der Waals surface area contributed by atoms with Gasteiger partial charge in [0.15, 0.2) is 0 Å². The largest absolute Gasteiger partial charge is 0.384 e. The van der Waals surface area contributed by atoms with Crippen LogP contribution >= 0.6 is 0 Å². The first-order valence-electron chi connectivity index (χ1n) is 5.42. The lowest BCUT2D eigenvalue weighted by Crippen LogP contribution is -1.93. The Hall–Kier alpha value is -2.42. The Kier molecular flexibility index (Phi) is 2.22. The van der Waals surface area contributed by atoms with Crippen molar-refractivity contribution in [2.24, 2.45) is 0 Å². The van der Waals surface area contributed by atoms with Gasteiger partial charge < -0.3 is 5.73 Å². The van der Waals surface area contributed by atoms with Crippen LogP contribution in [0.15, 0.2) is 54.6 Å². The van der Waals surface area contributed by atoms with E-state index < -0.39 is 0 Å². The molecule has 0 bridgehead atoms. The molecule has 0 saturated carbocycles. The summed E-state index contributed by atoms with van der Waals surface area (Å²) in [4.78, 5) is 8.83. The Morgan fingerprint density at radius 2 is 1.53 bits per heavy atom. The second kappa shape index (κ2) is 3.87. The van der Waals surface area contributed by atoms with E-state index in [0.717, 1.165) is 22.3 Å². The molecule has 3 rings (SSSR count). The molecule has 3 heteroatoms. The smallest absolute Gasteiger partial charge is 0.124 e. The van der Waals surface area contributed by atoms with Gasteiger partial charge in [-0.1, -0.05) is 30.3 Å². The van der Waals surface area contributed by atoms with Gasteiger partial charge in [0.25, 0.3) is 0 Å². The highest BCUT2D eigenvalue weighted by atomic mass is 14.9. The van der Waals surface area contributed by atoms with Crippen LogP contribution in [0.2, 0.25) is 0 Å². The molecular formula is C14H11N3. The van der Waals surface area contributed by atoms with Crippen molar-refractivity contribution in [1.82, 2.24) is 9.97 Å². The molecule has 82 valence electrons. The first-order chi connectivity index (χ1) is 8.33. The van der Waals surface area contributed by atoms with E-state index in [9.17, 15) is 0 Å². The number of rotatable bonds is 1. The zero-order chi connectivity index (χ0) is 11.7. The molecule has 3 nitrogen and oxygen atoms in total. The van der Waals surface area contributed by atoms with Crippen molar-refractivity contribution in [1.29, 1.82) is 0 Å². The van der Waals surface area contributed by atoms with Crippen molar-refractivity contribution in [3.05, 3.63) is 54.6 Å². The van der Waals surface area contributed by atoms with Gasteiger partial charge in [0, 0.05) is 5.39 Å². The summed E-state index contributed by atoms with van der Waals surface area (Å²) >= 11 is 0. The van der Waals surface area contributed by atoms with Crippen molar-refractivity contribution in [3.63, 3.8) is 0 Å². The molecule has 3 aromatic rings. The van der Waals surface area contributed by atoms with Crippen LogP contribution in [0.25, 0.3) is 22.3 Å². The second-order valence-electron chi connectivity index (χ2n) is 3.84. The number of fused-ring (bicyclic) bond motifs is 1. The van der Waals surface area contributed by atoms with Gasteiger partial charge in [-0.15, -0.1) is 0 Å². The molecule has 0 aliphatic rings. The molecular weight excluding hydrogens is 210 g/mol.